The number of methoxy groups -OCH3 is 1. The Morgan fingerprint density at radius 1 is 1.29 bits per heavy atom. The minimum absolute atomic E-state index is 0.311. The highest BCUT2D eigenvalue weighted by atomic mass is 35.5. The van der Waals surface area contributed by atoms with Gasteiger partial charge in [-0.1, -0.05) is 35.3 Å². The van der Waals surface area contributed by atoms with Gasteiger partial charge in [-0.2, -0.15) is 5.10 Å². The van der Waals surface area contributed by atoms with Gasteiger partial charge in [-0.05, 0) is 43.4 Å². The average molecular weight is 361 g/mol. The summed E-state index contributed by atoms with van der Waals surface area (Å²) in [5, 5.41) is 5.35. The van der Waals surface area contributed by atoms with E-state index in [1.807, 2.05) is 37.8 Å². The third kappa shape index (κ3) is 4.18. The van der Waals surface area contributed by atoms with Crippen LogP contribution in [-0.4, -0.2) is 21.9 Å². The van der Waals surface area contributed by atoms with Crippen LogP contribution in [0.15, 0.2) is 42.5 Å². The minimum atomic E-state index is -0.311. The first-order valence-corrected chi connectivity index (χ1v) is 8.15. The second-order valence-corrected chi connectivity index (χ2v) is 6.16. The van der Waals surface area contributed by atoms with Crippen LogP contribution in [0.3, 0.4) is 0 Å². The largest absolute Gasteiger partial charge is 0.372 e. The lowest BCUT2D eigenvalue weighted by atomic mass is 9.96. The Bertz CT molecular complexity index is 694. The van der Waals surface area contributed by atoms with Gasteiger partial charge in [-0.15, -0.1) is 0 Å². The van der Waals surface area contributed by atoms with Gasteiger partial charge in [0.15, 0.2) is 0 Å². The normalized spacial score (nSPS) is 17.4. The maximum atomic E-state index is 6.38. The zero-order valence-corrected chi connectivity index (χ0v) is 14.6. The highest BCUT2D eigenvalue weighted by molar-refractivity contribution is 6.35. The van der Waals surface area contributed by atoms with Gasteiger partial charge in [-0.25, -0.2) is 9.67 Å². The molecule has 3 rings (SSSR count). The highest BCUT2D eigenvalue weighted by Crippen LogP contribution is 2.36. The van der Waals surface area contributed by atoms with E-state index in [1.54, 1.807) is 24.2 Å². The van der Waals surface area contributed by atoms with E-state index in [0.717, 1.165) is 17.1 Å². The van der Waals surface area contributed by atoms with Crippen LogP contribution < -0.4 is 0 Å². The Balaban J connectivity index is 1.94. The molecule has 1 aliphatic carbocycles. The second-order valence-electron chi connectivity index (χ2n) is 5.31. The number of hydrogen-bond acceptors (Lipinski definition) is 3. The van der Waals surface area contributed by atoms with Gasteiger partial charge in [0.2, 0.25) is 0 Å². The van der Waals surface area contributed by atoms with E-state index in [0.29, 0.717) is 16.6 Å². The fourth-order valence-electron chi connectivity index (χ4n) is 2.60. The summed E-state index contributed by atoms with van der Waals surface area (Å²) in [7, 11) is 1.66. The van der Waals surface area contributed by atoms with Crippen molar-refractivity contribution in [2.75, 3.05) is 7.11 Å². The second kappa shape index (κ2) is 8.15. The SMILES string of the molecule is COC(/C(=C/[C]1[CH][CH][CH][CH]1)Cn1cncn1)c1ccc(Cl)cc1Cl. The van der Waals surface area contributed by atoms with E-state index in [2.05, 4.69) is 16.2 Å². The quantitative estimate of drug-likeness (QED) is 0.770. The molecule has 0 bridgehead atoms. The molecule has 24 heavy (non-hydrogen) atoms. The molecular weight excluding hydrogens is 345 g/mol. The first-order valence-electron chi connectivity index (χ1n) is 7.39. The van der Waals surface area contributed by atoms with Crippen molar-refractivity contribution in [1.82, 2.24) is 14.8 Å². The lowest BCUT2D eigenvalue weighted by molar-refractivity contribution is 0.128. The number of halogens is 2. The number of aromatic nitrogens is 3. The van der Waals surface area contributed by atoms with Gasteiger partial charge in [0, 0.05) is 28.6 Å². The van der Waals surface area contributed by atoms with Gasteiger partial charge in [-0.3, -0.25) is 0 Å². The maximum absolute atomic E-state index is 6.38. The van der Waals surface area contributed by atoms with Crippen molar-refractivity contribution in [3.8, 4) is 0 Å². The van der Waals surface area contributed by atoms with E-state index in [-0.39, 0.29) is 6.10 Å². The van der Waals surface area contributed by atoms with Crippen LogP contribution >= 0.6 is 23.2 Å². The lowest BCUT2D eigenvalue weighted by Gasteiger charge is -2.22. The molecule has 1 unspecified atom stereocenters. The van der Waals surface area contributed by atoms with Crippen molar-refractivity contribution >= 4 is 23.2 Å². The molecule has 0 amide bonds. The minimum Gasteiger partial charge on any atom is -0.372 e. The number of rotatable bonds is 6. The van der Waals surface area contributed by atoms with E-state index in [9.17, 15) is 0 Å². The van der Waals surface area contributed by atoms with Crippen LogP contribution in [0.4, 0.5) is 0 Å². The Labute approximate surface area is 152 Å². The third-order valence-corrected chi connectivity index (χ3v) is 4.23. The van der Waals surface area contributed by atoms with Crippen LogP contribution in [0, 0.1) is 31.6 Å². The summed E-state index contributed by atoms with van der Waals surface area (Å²) in [4.78, 5) is 4.00. The molecule has 0 spiro atoms. The van der Waals surface area contributed by atoms with Gasteiger partial charge >= 0.3 is 0 Å². The molecule has 1 atom stereocenters. The molecule has 0 saturated heterocycles. The fraction of sp³-hybridized carbons (Fsp3) is 0.167. The van der Waals surface area contributed by atoms with Crippen molar-refractivity contribution in [3.63, 3.8) is 0 Å². The average Bonchev–Trinajstić information content (AvgIpc) is 3.23. The van der Waals surface area contributed by atoms with Crippen LogP contribution in [0.25, 0.3) is 0 Å². The van der Waals surface area contributed by atoms with Gasteiger partial charge in [0.05, 0.1) is 6.54 Å². The summed E-state index contributed by atoms with van der Waals surface area (Å²) < 4.78 is 7.51. The number of benzene rings is 1. The number of hydrogen-bond donors (Lipinski definition) is 0. The van der Waals surface area contributed by atoms with Crippen LogP contribution in [0.5, 0.6) is 0 Å². The maximum Gasteiger partial charge on any atom is 0.137 e. The van der Waals surface area contributed by atoms with Crippen molar-refractivity contribution in [1.29, 1.82) is 0 Å². The zero-order valence-electron chi connectivity index (χ0n) is 13.1. The monoisotopic (exact) mass is 360 g/mol. The number of allylic oxidation sites excluding steroid dienone is 1. The molecule has 1 aliphatic rings. The van der Waals surface area contributed by atoms with E-state index in [4.69, 9.17) is 27.9 Å². The first-order chi connectivity index (χ1) is 11.7. The molecule has 6 heteroatoms. The molecule has 1 saturated carbocycles. The zero-order chi connectivity index (χ0) is 16.9. The Morgan fingerprint density at radius 2 is 2.08 bits per heavy atom. The smallest absolute Gasteiger partial charge is 0.137 e. The van der Waals surface area contributed by atoms with Crippen LogP contribution in [-0.2, 0) is 11.3 Å². The molecule has 1 aromatic carbocycles. The van der Waals surface area contributed by atoms with E-state index >= 15 is 0 Å². The molecule has 2 aromatic rings. The Morgan fingerprint density at radius 3 is 2.71 bits per heavy atom. The van der Waals surface area contributed by atoms with Gasteiger partial charge in [0.1, 0.15) is 18.8 Å². The molecule has 1 heterocycles. The van der Waals surface area contributed by atoms with E-state index < -0.39 is 0 Å². The third-order valence-electron chi connectivity index (χ3n) is 3.67. The van der Waals surface area contributed by atoms with Gasteiger partial charge in [0.25, 0.3) is 0 Å². The summed E-state index contributed by atoms with van der Waals surface area (Å²) in [5.74, 6) is 1.09. The van der Waals surface area contributed by atoms with Crippen molar-refractivity contribution in [3.05, 3.63) is 89.7 Å². The van der Waals surface area contributed by atoms with Crippen molar-refractivity contribution in [2.45, 2.75) is 12.6 Å². The Kier molecular flexibility index (Phi) is 5.93. The summed E-state index contributed by atoms with van der Waals surface area (Å²) in [6.07, 6.45) is 13.0. The molecule has 123 valence electrons. The molecule has 1 aromatic heterocycles. The lowest BCUT2D eigenvalue weighted by Crippen LogP contribution is -2.13. The first kappa shape index (κ1) is 17.5. The standard InChI is InChI=1S/C18H16Cl2N3O/c1-24-18(16-7-6-15(19)9-17(16)20)14(8-13-4-2-3-5-13)10-23-12-21-11-22-23/h2-9,11-12,18H,10H2,1H3/b14-8+. The summed E-state index contributed by atoms with van der Waals surface area (Å²) in [6, 6.07) is 5.42. The Hall–Kier alpha value is -1.36. The molecule has 5 radical (unpaired) electrons. The molecule has 1 fully saturated rings. The molecule has 0 N–H and O–H groups in total. The summed E-state index contributed by atoms with van der Waals surface area (Å²) >= 11 is 12.4. The fourth-order valence-corrected chi connectivity index (χ4v) is 3.10. The molecule has 4 nitrogen and oxygen atoms in total. The van der Waals surface area contributed by atoms with Crippen molar-refractivity contribution in [2.24, 2.45) is 0 Å². The topological polar surface area (TPSA) is 39.9 Å². The van der Waals surface area contributed by atoms with Gasteiger partial charge < -0.3 is 4.74 Å². The van der Waals surface area contributed by atoms with Crippen LogP contribution in [0.1, 0.15) is 11.7 Å². The summed E-state index contributed by atoms with van der Waals surface area (Å²) in [6.45, 7) is 0.544. The summed E-state index contributed by atoms with van der Waals surface area (Å²) in [5.41, 5.74) is 1.87. The number of ether oxygens (including phenoxy) is 1. The number of nitrogens with zero attached hydrogens (tertiary/aromatic N) is 3. The molecular formula is C18H16Cl2N3O. The predicted octanol–water partition coefficient (Wildman–Crippen LogP) is 4.30. The predicted molar refractivity (Wildman–Crippen MR) is 94.8 cm³/mol. The highest BCUT2D eigenvalue weighted by Gasteiger charge is 2.23. The van der Waals surface area contributed by atoms with E-state index in [1.165, 1.54) is 6.33 Å². The van der Waals surface area contributed by atoms with Crippen molar-refractivity contribution < 1.29 is 4.74 Å². The van der Waals surface area contributed by atoms with Crippen LogP contribution in [0.2, 0.25) is 10.0 Å². The molecule has 0 aliphatic heterocycles.